The van der Waals surface area contributed by atoms with Crippen molar-refractivity contribution >= 4 is 21.6 Å². The number of halogens is 1. The molecule has 0 saturated heterocycles. The van der Waals surface area contributed by atoms with Crippen LogP contribution in [-0.4, -0.2) is 0 Å². The number of benzene rings is 2. The van der Waals surface area contributed by atoms with Crippen LogP contribution in [0.15, 0.2) is 28.7 Å². The highest BCUT2D eigenvalue weighted by atomic mass is 79.9. The SMILES string of the molecule is CC1OCc2c(-c3ccccc3Br)c(C#N)c(N)c(C#N)c21. The fraction of sp³-hybridized carbons (Fsp3) is 0.176. The Balaban J connectivity index is 2.47. The number of rotatable bonds is 1. The summed E-state index contributed by atoms with van der Waals surface area (Å²) in [4.78, 5) is 0. The lowest BCUT2D eigenvalue weighted by Gasteiger charge is -2.16. The maximum Gasteiger partial charge on any atom is 0.102 e. The molecule has 5 heteroatoms. The van der Waals surface area contributed by atoms with Crippen LogP contribution in [-0.2, 0) is 11.3 Å². The number of hydrogen-bond donors (Lipinski definition) is 1. The van der Waals surface area contributed by atoms with Gasteiger partial charge in [0.2, 0.25) is 0 Å². The normalized spacial score (nSPS) is 15.9. The summed E-state index contributed by atoms with van der Waals surface area (Å²) in [6, 6.07) is 11.9. The molecule has 0 radical (unpaired) electrons. The van der Waals surface area contributed by atoms with Crippen molar-refractivity contribution in [3.8, 4) is 23.3 Å². The Hall–Kier alpha value is -2.34. The summed E-state index contributed by atoms with van der Waals surface area (Å²) < 4.78 is 6.56. The van der Waals surface area contributed by atoms with Crippen LogP contribution in [0.1, 0.15) is 35.3 Å². The molecule has 1 aliphatic rings. The maximum absolute atomic E-state index is 9.57. The average Bonchev–Trinajstić information content (AvgIpc) is 2.89. The molecule has 0 aromatic heterocycles. The molecule has 2 aromatic carbocycles. The molecule has 1 atom stereocenters. The van der Waals surface area contributed by atoms with Crippen molar-refractivity contribution in [2.75, 3.05) is 5.73 Å². The van der Waals surface area contributed by atoms with Gasteiger partial charge < -0.3 is 10.5 Å². The van der Waals surface area contributed by atoms with Crippen LogP contribution in [0.4, 0.5) is 5.69 Å². The third-order valence-corrected chi connectivity index (χ3v) is 4.63. The molecule has 0 aliphatic carbocycles. The number of anilines is 1. The fourth-order valence-electron chi connectivity index (χ4n) is 2.93. The second-order valence-electron chi connectivity index (χ2n) is 5.09. The molecule has 0 saturated carbocycles. The van der Waals surface area contributed by atoms with Crippen molar-refractivity contribution in [3.05, 3.63) is 51.0 Å². The topological polar surface area (TPSA) is 82.8 Å². The highest BCUT2D eigenvalue weighted by molar-refractivity contribution is 9.10. The standard InChI is InChI=1S/C17H12BrN3O/c1-9-15-11(6-19)17(21)12(7-20)16(13(15)8-22-9)10-4-2-3-5-14(10)18/h2-5,9H,8,21H2,1H3. The van der Waals surface area contributed by atoms with E-state index in [2.05, 4.69) is 28.1 Å². The molecule has 3 rings (SSSR count). The first-order chi connectivity index (χ1) is 10.6. The number of nitrogens with zero attached hydrogens (tertiary/aromatic N) is 2. The smallest absolute Gasteiger partial charge is 0.102 e. The molecule has 0 amide bonds. The highest BCUT2D eigenvalue weighted by Crippen LogP contribution is 2.45. The quantitative estimate of drug-likeness (QED) is 0.784. The number of ether oxygens (including phenoxy) is 1. The zero-order valence-electron chi connectivity index (χ0n) is 11.9. The molecule has 1 aliphatic heterocycles. The first-order valence-corrected chi connectivity index (χ1v) is 7.54. The molecule has 108 valence electrons. The van der Waals surface area contributed by atoms with E-state index in [4.69, 9.17) is 10.5 Å². The van der Waals surface area contributed by atoms with Gasteiger partial charge in [-0.15, -0.1) is 0 Å². The Bertz CT molecular complexity index is 862. The summed E-state index contributed by atoms with van der Waals surface area (Å²) in [5, 5.41) is 19.0. The Labute approximate surface area is 136 Å². The Morgan fingerprint density at radius 2 is 1.91 bits per heavy atom. The summed E-state index contributed by atoms with van der Waals surface area (Å²) in [5.74, 6) is 0. The van der Waals surface area contributed by atoms with Crippen molar-refractivity contribution in [2.24, 2.45) is 0 Å². The van der Waals surface area contributed by atoms with Crippen LogP contribution in [0, 0.1) is 22.7 Å². The lowest BCUT2D eigenvalue weighted by molar-refractivity contribution is 0.0796. The van der Waals surface area contributed by atoms with E-state index in [9.17, 15) is 10.5 Å². The second-order valence-corrected chi connectivity index (χ2v) is 5.94. The summed E-state index contributed by atoms with van der Waals surface area (Å²) in [6.45, 7) is 2.26. The minimum absolute atomic E-state index is 0.207. The van der Waals surface area contributed by atoms with E-state index < -0.39 is 0 Å². The number of nitrogen functional groups attached to an aromatic ring is 1. The van der Waals surface area contributed by atoms with Crippen molar-refractivity contribution < 1.29 is 4.74 Å². The van der Waals surface area contributed by atoms with Gasteiger partial charge in [0.05, 0.1) is 29.5 Å². The van der Waals surface area contributed by atoms with Gasteiger partial charge in [0, 0.05) is 15.6 Å². The van der Waals surface area contributed by atoms with E-state index in [1.165, 1.54) is 0 Å². The third kappa shape index (κ3) is 1.99. The van der Waals surface area contributed by atoms with Crippen molar-refractivity contribution in [1.29, 1.82) is 10.5 Å². The highest BCUT2D eigenvalue weighted by Gasteiger charge is 2.31. The minimum atomic E-state index is -0.207. The van der Waals surface area contributed by atoms with Gasteiger partial charge in [-0.2, -0.15) is 10.5 Å². The zero-order chi connectivity index (χ0) is 15.9. The van der Waals surface area contributed by atoms with Crippen molar-refractivity contribution in [2.45, 2.75) is 19.6 Å². The van der Waals surface area contributed by atoms with Crippen LogP contribution < -0.4 is 5.73 Å². The zero-order valence-corrected chi connectivity index (χ0v) is 13.4. The maximum atomic E-state index is 9.57. The van der Waals surface area contributed by atoms with Crippen LogP contribution in [0.2, 0.25) is 0 Å². The lowest BCUT2D eigenvalue weighted by Crippen LogP contribution is -2.05. The van der Waals surface area contributed by atoms with E-state index in [-0.39, 0.29) is 11.8 Å². The van der Waals surface area contributed by atoms with Gasteiger partial charge in [-0.3, -0.25) is 0 Å². The predicted molar refractivity (Wildman–Crippen MR) is 86.6 cm³/mol. The molecular formula is C17H12BrN3O. The summed E-state index contributed by atoms with van der Waals surface area (Å²) in [5.41, 5.74) is 10.3. The van der Waals surface area contributed by atoms with E-state index in [0.717, 1.165) is 26.7 Å². The molecule has 2 aromatic rings. The van der Waals surface area contributed by atoms with Crippen LogP contribution in [0.3, 0.4) is 0 Å². The van der Waals surface area contributed by atoms with Crippen molar-refractivity contribution in [1.82, 2.24) is 0 Å². The van der Waals surface area contributed by atoms with Crippen LogP contribution >= 0.6 is 15.9 Å². The molecule has 2 N–H and O–H groups in total. The molecule has 0 bridgehead atoms. The number of nitrogens with two attached hydrogens (primary N) is 1. The average molecular weight is 354 g/mol. The summed E-state index contributed by atoms with van der Waals surface area (Å²) in [6.07, 6.45) is -0.207. The fourth-order valence-corrected chi connectivity index (χ4v) is 3.41. The molecule has 4 nitrogen and oxygen atoms in total. The van der Waals surface area contributed by atoms with E-state index in [1.807, 2.05) is 31.2 Å². The molecule has 22 heavy (non-hydrogen) atoms. The molecule has 0 spiro atoms. The van der Waals surface area contributed by atoms with Crippen LogP contribution in [0.5, 0.6) is 0 Å². The largest absolute Gasteiger partial charge is 0.397 e. The summed E-state index contributed by atoms with van der Waals surface area (Å²) >= 11 is 3.52. The number of hydrogen-bond acceptors (Lipinski definition) is 4. The first kappa shape index (κ1) is 14.6. The second kappa shape index (κ2) is 5.46. The first-order valence-electron chi connectivity index (χ1n) is 6.75. The Kier molecular flexibility index (Phi) is 3.62. The minimum Gasteiger partial charge on any atom is -0.397 e. The van der Waals surface area contributed by atoms with E-state index in [1.54, 1.807) is 0 Å². The molecule has 1 heterocycles. The molecule has 0 fully saturated rings. The van der Waals surface area contributed by atoms with Gasteiger partial charge in [-0.25, -0.2) is 0 Å². The summed E-state index contributed by atoms with van der Waals surface area (Å²) in [7, 11) is 0. The van der Waals surface area contributed by atoms with E-state index in [0.29, 0.717) is 17.7 Å². The monoisotopic (exact) mass is 353 g/mol. The van der Waals surface area contributed by atoms with Gasteiger partial charge in [0.15, 0.2) is 0 Å². The van der Waals surface area contributed by atoms with Crippen molar-refractivity contribution in [3.63, 3.8) is 0 Å². The Morgan fingerprint density at radius 1 is 1.23 bits per heavy atom. The molecular weight excluding hydrogens is 342 g/mol. The third-order valence-electron chi connectivity index (χ3n) is 3.94. The van der Waals surface area contributed by atoms with E-state index >= 15 is 0 Å². The van der Waals surface area contributed by atoms with Gasteiger partial charge in [-0.05, 0) is 24.1 Å². The van der Waals surface area contributed by atoms with Gasteiger partial charge in [-0.1, -0.05) is 34.1 Å². The van der Waals surface area contributed by atoms with Gasteiger partial charge >= 0.3 is 0 Å². The lowest BCUT2D eigenvalue weighted by atomic mass is 9.86. The molecule has 1 unspecified atom stereocenters. The number of nitriles is 2. The van der Waals surface area contributed by atoms with Gasteiger partial charge in [0.25, 0.3) is 0 Å². The van der Waals surface area contributed by atoms with Crippen LogP contribution in [0.25, 0.3) is 11.1 Å². The Morgan fingerprint density at radius 3 is 2.55 bits per heavy atom. The van der Waals surface area contributed by atoms with Gasteiger partial charge in [0.1, 0.15) is 12.1 Å². The number of fused-ring (bicyclic) bond motifs is 1. The predicted octanol–water partition coefficient (Wildman–Crippen LogP) is 4.03.